The van der Waals surface area contributed by atoms with E-state index in [9.17, 15) is 9.18 Å². The molecule has 0 saturated heterocycles. The Morgan fingerprint density at radius 3 is 2.65 bits per heavy atom. The molecule has 0 radical (unpaired) electrons. The lowest BCUT2D eigenvalue weighted by molar-refractivity contribution is 0.0635. The van der Waals surface area contributed by atoms with Gasteiger partial charge < -0.3 is 4.74 Å². The van der Waals surface area contributed by atoms with Gasteiger partial charge in [0.25, 0.3) is 0 Å². The van der Waals surface area contributed by atoms with E-state index in [4.69, 9.17) is 4.74 Å². The van der Waals surface area contributed by atoms with Crippen LogP contribution in [0.25, 0.3) is 0 Å². The molecule has 0 atom stereocenters. The lowest BCUT2D eigenvalue weighted by Gasteiger charge is -2.20. The number of hydrogen-bond acceptors (Lipinski definition) is 2. The summed E-state index contributed by atoms with van der Waals surface area (Å²) >= 11 is 3.24. The maximum absolute atomic E-state index is 13.5. The summed E-state index contributed by atoms with van der Waals surface area (Å²) in [6.45, 7) is 5.25. The van der Waals surface area contributed by atoms with E-state index < -0.39 is 17.5 Å². The van der Waals surface area contributed by atoms with Gasteiger partial charge >= 0.3 is 6.09 Å². The van der Waals surface area contributed by atoms with E-state index in [0.717, 1.165) is 0 Å². The highest BCUT2D eigenvalue weighted by atomic mass is 79.9. The number of benzene rings is 1. The van der Waals surface area contributed by atoms with Gasteiger partial charge in [0.15, 0.2) is 0 Å². The highest BCUT2D eigenvalue weighted by Gasteiger charge is 2.18. The van der Waals surface area contributed by atoms with E-state index >= 15 is 0 Å². The molecular weight excluding hydrogens is 289 g/mol. The highest BCUT2D eigenvalue weighted by Crippen LogP contribution is 2.22. The molecule has 0 heterocycles. The van der Waals surface area contributed by atoms with Crippen molar-refractivity contribution in [2.24, 2.45) is 0 Å². The Hall–Kier alpha value is -1.10. The molecule has 17 heavy (non-hydrogen) atoms. The third-order valence-corrected chi connectivity index (χ3v) is 2.47. The fourth-order valence-corrected chi connectivity index (χ4v) is 1.69. The summed E-state index contributed by atoms with van der Waals surface area (Å²) in [5.41, 5.74) is 0.207. The van der Waals surface area contributed by atoms with Crippen molar-refractivity contribution in [3.63, 3.8) is 0 Å². The lowest BCUT2D eigenvalue weighted by Crippen LogP contribution is -2.27. The van der Waals surface area contributed by atoms with Crippen molar-refractivity contribution in [1.29, 1.82) is 0 Å². The molecule has 0 aromatic heterocycles. The maximum Gasteiger partial charge on any atom is 0.412 e. The van der Waals surface area contributed by atoms with Crippen molar-refractivity contribution in [2.45, 2.75) is 31.7 Å². The standard InChI is InChI=1S/C12H15BrFNO2/c1-12(2,3)17-11(16)15-10-8(7-13)5-4-6-9(10)14/h4-6H,7H2,1-3H3,(H,15,16). The summed E-state index contributed by atoms with van der Waals surface area (Å²) in [7, 11) is 0. The SMILES string of the molecule is CC(C)(C)OC(=O)Nc1c(F)cccc1CBr. The van der Waals surface area contributed by atoms with Crippen molar-refractivity contribution in [3.8, 4) is 0 Å². The molecule has 0 unspecified atom stereocenters. The molecule has 1 aromatic rings. The number of alkyl halides is 1. The number of ether oxygens (including phenoxy) is 1. The van der Waals surface area contributed by atoms with E-state index in [1.165, 1.54) is 6.07 Å². The van der Waals surface area contributed by atoms with Gasteiger partial charge in [-0.15, -0.1) is 0 Å². The van der Waals surface area contributed by atoms with Crippen LogP contribution in [-0.2, 0) is 10.1 Å². The first kappa shape index (κ1) is 14.0. The molecule has 1 rings (SSSR count). The second-order valence-corrected chi connectivity index (χ2v) is 5.10. The molecule has 0 aliphatic rings. The Morgan fingerprint density at radius 2 is 2.12 bits per heavy atom. The van der Waals surface area contributed by atoms with Crippen LogP contribution in [0.5, 0.6) is 0 Å². The average Bonchev–Trinajstić information content (AvgIpc) is 2.18. The first-order valence-corrected chi connectivity index (χ1v) is 6.29. The van der Waals surface area contributed by atoms with Crippen molar-refractivity contribution in [2.75, 3.05) is 5.32 Å². The molecule has 0 spiro atoms. The number of hydrogen-bond donors (Lipinski definition) is 1. The molecule has 1 aromatic carbocycles. The minimum absolute atomic E-state index is 0.152. The van der Waals surface area contributed by atoms with Gasteiger partial charge in [-0.1, -0.05) is 28.1 Å². The summed E-state index contributed by atoms with van der Waals surface area (Å²) in [5, 5.41) is 2.87. The van der Waals surface area contributed by atoms with E-state index in [1.807, 2.05) is 0 Å². The van der Waals surface area contributed by atoms with Crippen LogP contribution < -0.4 is 5.32 Å². The summed E-state index contributed by atoms with van der Waals surface area (Å²) in [6.07, 6.45) is -0.662. The predicted octanol–water partition coefficient (Wildman–Crippen LogP) is 4.07. The first-order chi connectivity index (χ1) is 7.83. The van der Waals surface area contributed by atoms with Crippen LogP contribution in [0, 0.1) is 5.82 Å². The van der Waals surface area contributed by atoms with E-state index in [0.29, 0.717) is 10.9 Å². The van der Waals surface area contributed by atoms with Crippen LogP contribution in [0.15, 0.2) is 18.2 Å². The summed E-state index contributed by atoms with van der Waals surface area (Å²) in [6, 6.07) is 4.61. The quantitative estimate of drug-likeness (QED) is 0.837. The van der Waals surface area contributed by atoms with Crippen LogP contribution in [-0.4, -0.2) is 11.7 Å². The molecule has 0 aliphatic heterocycles. The van der Waals surface area contributed by atoms with Gasteiger partial charge in [-0.05, 0) is 32.4 Å². The molecule has 5 heteroatoms. The smallest absolute Gasteiger partial charge is 0.412 e. The van der Waals surface area contributed by atoms with E-state index in [-0.39, 0.29) is 5.69 Å². The number of anilines is 1. The number of nitrogens with one attached hydrogen (secondary N) is 1. The molecule has 1 N–H and O–H groups in total. The summed E-state index contributed by atoms with van der Waals surface area (Å²) in [4.78, 5) is 11.5. The summed E-state index contributed by atoms with van der Waals surface area (Å²) in [5.74, 6) is -0.479. The number of carbonyl (C=O) groups excluding carboxylic acids is 1. The second-order valence-electron chi connectivity index (χ2n) is 4.53. The van der Waals surface area contributed by atoms with Gasteiger partial charge in [0.05, 0.1) is 5.69 Å². The number of carbonyl (C=O) groups is 1. The van der Waals surface area contributed by atoms with Crippen molar-refractivity contribution < 1.29 is 13.9 Å². The number of para-hydroxylation sites is 1. The Bertz CT molecular complexity index is 415. The van der Waals surface area contributed by atoms with Crippen molar-refractivity contribution in [3.05, 3.63) is 29.6 Å². The fraction of sp³-hybridized carbons (Fsp3) is 0.417. The third kappa shape index (κ3) is 4.34. The monoisotopic (exact) mass is 303 g/mol. The van der Waals surface area contributed by atoms with Gasteiger partial charge in [-0.25, -0.2) is 9.18 Å². The van der Waals surface area contributed by atoms with Gasteiger partial charge in [0.1, 0.15) is 11.4 Å². The second kappa shape index (κ2) is 5.49. The normalized spacial score (nSPS) is 11.1. The highest BCUT2D eigenvalue weighted by molar-refractivity contribution is 9.08. The Morgan fingerprint density at radius 1 is 1.47 bits per heavy atom. The number of halogens is 2. The van der Waals surface area contributed by atoms with Gasteiger partial charge in [0, 0.05) is 5.33 Å². The van der Waals surface area contributed by atoms with Crippen molar-refractivity contribution in [1.82, 2.24) is 0 Å². The number of rotatable bonds is 2. The minimum atomic E-state index is -0.662. The Kier molecular flexibility index (Phi) is 4.51. The van der Waals surface area contributed by atoms with Crippen molar-refractivity contribution >= 4 is 27.7 Å². The lowest BCUT2D eigenvalue weighted by atomic mass is 10.2. The Balaban J connectivity index is 2.84. The Labute approximate surface area is 108 Å². The molecule has 0 aliphatic carbocycles. The molecule has 0 bridgehead atoms. The first-order valence-electron chi connectivity index (χ1n) is 5.17. The average molecular weight is 304 g/mol. The topological polar surface area (TPSA) is 38.3 Å². The van der Waals surface area contributed by atoms with Crippen LogP contribution in [0.1, 0.15) is 26.3 Å². The molecule has 3 nitrogen and oxygen atoms in total. The van der Waals surface area contributed by atoms with Gasteiger partial charge in [-0.3, -0.25) is 5.32 Å². The van der Waals surface area contributed by atoms with Crippen LogP contribution in [0.4, 0.5) is 14.9 Å². The van der Waals surface area contributed by atoms with Crippen LogP contribution >= 0.6 is 15.9 Å². The summed E-state index contributed by atoms with van der Waals surface area (Å²) < 4.78 is 18.6. The molecular formula is C12H15BrFNO2. The molecule has 1 amide bonds. The minimum Gasteiger partial charge on any atom is -0.444 e. The fourth-order valence-electron chi connectivity index (χ4n) is 1.23. The zero-order chi connectivity index (χ0) is 13.1. The van der Waals surface area contributed by atoms with Crippen LogP contribution in [0.2, 0.25) is 0 Å². The van der Waals surface area contributed by atoms with E-state index in [1.54, 1.807) is 32.9 Å². The third-order valence-electron chi connectivity index (χ3n) is 1.87. The van der Waals surface area contributed by atoms with Crippen LogP contribution in [0.3, 0.4) is 0 Å². The number of amides is 1. The molecule has 94 valence electrons. The zero-order valence-corrected chi connectivity index (χ0v) is 11.6. The molecule has 0 saturated carbocycles. The zero-order valence-electron chi connectivity index (χ0n) is 10.0. The maximum atomic E-state index is 13.5. The van der Waals surface area contributed by atoms with E-state index in [2.05, 4.69) is 21.2 Å². The van der Waals surface area contributed by atoms with Gasteiger partial charge in [0.2, 0.25) is 0 Å². The molecule has 0 fully saturated rings. The largest absolute Gasteiger partial charge is 0.444 e. The predicted molar refractivity (Wildman–Crippen MR) is 68.9 cm³/mol. The van der Waals surface area contributed by atoms with Gasteiger partial charge in [-0.2, -0.15) is 0 Å².